The number of aryl methyl sites for hydroxylation is 1. The maximum atomic E-state index is 14.6. The van der Waals surface area contributed by atoms with Crippen molar-refractivity contribution in [2.24, 2.45) is 0 Å². The number of nitrogens with zero attached hydrogens (tertiary/aromatic N) is 5. The smallest absolute Gasteiger partial charge is 0.186 e. The predicted molar refractivity (Wildman–Crippen MR) is 110 cm³/mol. The van der Waals surface area contributed by atoms with Crippen molar-refractivity contribution in [2.45, 2.75) is 19.4 Å². The molecule has 0 spiro atoms. The molecule has 10 heteroatoms. The van der Waals surface area contributed by atoms with Crippen molar-refractivity contribution in [3.63, 3.8) is 0 Å². The van der Waals surface area contributed by atoms with E-state index in [0.29, 0.717) is 42.5 Å². The van der Waals surface area contributed by atoms with Crippen molar-refractivity contribution in [3.05, 3.63) is 59.7 Å². The van der Waals surface area contributed by atoms with Crippen LogP contribution in [0.1, 0.15) is 22.7 Å². The number of hydrogen-bond acceptors (Lipinski definition) is 6. The second-order valence-electron chi connectivity index (χ2n) is 7.30. The highest BCUT2D eigenvalue weighted by atomic mass is 35.5. The number of anilines is 1. The summed E-state index contributed by atoms with van der Waals surface area (Å²) in [6, 6.07) is 5.06. The molecule has 0 saturated heterocycles. The SMILES string of the molecule is Cc1cn(-c2cc3c(n4cnnc24)NCc2c(F)ccc4c2[C@@H](CO4)CO3)cn1.Cl. The van der Waals surface area contributed by atoms with E-state index in [1.807, 2.05) is 28.2 Å². The minimum absolute atomic E-state index is 0. The van der Waals surface area contributed by atoms with Crippen LogP contribution in [0.2, 0.25) is 0 Å². The molecule has 0 radical (unpaired) electrons. The molecule has 3 aromatic heterocycles. The summed E-state index contributed by atoms with van der Waals surface area (Å²) >= 11 is 0. The van der Waals surface area contributed by atoms with Gasteiger partial charge in [0.25, 0.3) is 0 Å². The molecule has 30 heavy (non-hydrogen) atoms. The average Bonchev–Trinajstić information content (AvgIpc) is 3.45. The van der Waals surface area contributed by atoms with E-state index in [2.05, 4.69) is 20.5 Å². The molecule has 4 aromatic rings. The largest absolute Gasteiger partial charge is 0.493 e. The fourth-order valence-electron chi connectivity index (χ4n) is 4.11. The van der Waals surface area contributed by atoms with E-state index in [4.69, 9.17) is 9.47 Å². The van der Waals surface area contributed by atoms with Crippen LogP contribution in [0.5, 0.6) is 11.5 Å². The molecule has 6 rings (SSSR count). The summed E-state index contributed by atoms with van der Waals surface area (Å²) in [7, 11) is 0. The number of imidazole rings is 1. The number of benzene rings is 1. The molecule has 154 valence electrons. The normalized spacial score (nSPS) is 16.8. The summed E-state index contributed by atoms with van der Waals surface area (Å²) in [5, 5.41) is 11.7. The molecule has 0 unspecified atom stereocenters. The summed E-state index contributed by atoms with van der Waals surface area (Å²) in [5.41, 5.74) is 3.84. The van der Waals surface area contributed by atoms with Gasteiger partial charge in [-0.3, -0.25) is 4.40 Å². The zero-order valence-corrected chi connectivity index (χ0v) is 16.8. The maximum Gasteiger partial charge on any atom is 0.186 e. The fraction of sp³-hybridized carbons (Fsp3) is 0.250. The lowest BCUT2D eigenvalue weighted by Gasteiger charge is -2.16. The molecule has 1 atom stereocenters. The minimum Gasteiger partial charge on any atom is -0.493 e. The molecular weight excluding hydrogens is 411 g/mol. The van der Waals surface area contributed by atoms with Crippen LogP contribution in [0.4, 0.5) is 10.2 Å². The first-order valence-electron chi connectivity index (χ1n) is 9.37. The monoisotopic (exact) mass is 428 g/mol. The molecular formula is C20H18ClFN6O2. The van der Waals surface area contributed by atoms with Gasteiger partial charge in [0, 0.05) is 29.9 Å². The molecule has 0 aliphatic carbocycles. The number of hydrogen-bond donors (Lipinski definition) is 1. The number of halogens is 2. The van der Waals surface area contributed by atoms with E-state index < -0.39 is 0 Å². The first-order chi connectivity index (χ1) is 14.2. The molecule has 1 N–H and O–H groups in total. The Morgan fingerprint density at radius 2 is 2.00 bits per heavy atom. The molecule has 5 heterocycles. The van der Waals surface area contributed by atoms with Gasteiger partial charge < -0.3 is 19.4 Å². The lowest BCUT2D eigenvalue weighted by atomic mass is 9.96. The first-order valence-corrected chi connectivity index (χ1v) is 9.37. The Labute approximate surface area is 177 Å². The van der Waals surface area contributed by atoms with E-state index in [0.717, 1.165) is 22.7 Å². The molecule has 1 aromatic carbocycles. The van der Waals surface area contributed by atoms with Gasteiger partial charge >= 0.3 is 0 Å². The molecule has 0 saturated carbocycles. The summed E-state index contributed by atoms with van der Waals surface area (Å²) in [6.45, 7) is 3.09. The van der Waals surface area contributed by atoms with Crippen LogP contribution in [0.3, 0.4) is 0 Å². The summed E-state index contributed by atoms with van der Waals surface area (Å²) in [5.74, 6) is 1.77. The lowest BCUT2D eigenvalue weighted by molar-refractivity contribution is 0.249. The highest BCUT2D eigenvalue weighted by molar-refractivity contribution is 5.85. The van der Waals surface area contributed by atoms with Crippen molar-refractivity contribution in [1.29, 1.82) is 0 Å². The number of ether oxygens (including phenoxy) is 2. The topological polar surface area (TPSA) is 78.5 Å². The van der Waals surface area contributed by atoms with Crippen LogP contribution in [-0.2, 0) is 6.54 Å². The van der Waals surface area contributed by atoms with Crippen molar-refractivity contribution in [2.75, 3.05) is 18.5 Å². The van der Waals surface area contributed by atoms with Gasteiger partial charge in [0.05, 0.1) is 36.8 Å². The second kappa shape index (κ2) is 6.88. The van der Waals surface area contributed by atoms with Gasteiger partial charge in [0.2, 0.25) is 0 Å². The highest BCUT2D eigenvalue weighted by Crippen LogP contribution is 2.41. The van der Waals surface area contributed by atoms with Crippen molar-refractivity contribution in [1.82, 2.24) is 24.1 Å². The van der Waals surface area contributed by atoms with E-state index >= 15 is 0 Å². The van der Waals surface area contributed by atoms with Gasteiger partial charge in [-0.25, -0.2) is 9.37 Å². The van der Waals surface area contributed by atoms with E-state index in [9.17, 15) is 4.39 Å². The lowest BCUT2D eigenvalue weighted by Crippen LogP contribution is -2.13. The molecule has 2 aliphatic rings. The summed E-state index contributed by atoms with van der Waals surface area (Å²) in [6.07, 6.45) is 5.27. The van der Waals surface area contributed by atoms with Crippen LogP contribution in [-0.4, -0.2) is 37.4 Å². The fourth-order valence-corrected chi connectivity index (χ4v) is 4.11. The molecule has 0 amide bonds. The average molecular weight is 429 g/mol. The number of aromatic nitrogens is 5. The third kappa shape index (κ3) is 2.69. The molecule has 2 aliphatic heterocycles. The Hall–Kier alpha value is -3.33. The Balaban J connectivity index is 0.00000193. The van der Waals surface area contributed by atoms with Crippen molar-refractivity contribution < 1.29 is 13.9 Å². The standard InChI is InChI=1S/C20H17FN6O2.ClH/c1-11-6-26(9-23-11)15-4-17-20(27-10-24-25-19(15)27)22-5-13-14(21)2-3-16-18(13)12(7-28-16)8-29-17;/h2-4,6,9-10,12,22H,5,7-8H2,1H3;1H/t12-;/m0./s1. The number of fused-ring (bicyclic) bond motifs is 3. The van der Waals surface area contributed by atoms with E-state index in [-0.39, 0.29) is 24.1 Å². The van der Waals surface area contributed by atoms with Crippen LogP contribution >= 0.6 is 12.4 Å². The minimum atomic E-state index is -0.249. The molecule has 0 bridgehead atoms. The van der Waals surface area contributed by atoms with Gasteiger partial charge in [-0.05, 0) is 19.1 Å². The summed E-state index contributed by atoms with van der Waals surface area (Å²) < 4.78 is 30.3. The van der Waals surface area contributed by atoms with E-state index in [1.54, 1.807) is 18.7 Å². The summed E-state index contributed by atoms with van der Waals surface area (Å²) in [4.78, 5) is 4.30. The van der Waals surface area contributed by atoms with Gasteiger partial charge in [0.15, 0.2) is 17.2 Å². The van der Waals surface area contributed by atoms with Gasteiger partial charge in [-0.1, -0.05) is 0 Å². The number of rotatable bonds is 1. The molecule has 0 fully saturated rings. The van der Waals surface area contributed by atoms with Crippen LogP contribution in [0.25, 0.3) is 11.3 Å². The Bertz CT molecular complexity index is 1270. The molecule has 8 nitrogen and oxygen atoms in total. The quantitative estimate of drug-likeness (QED) is 0.501. The Morgan fingerprint density at radius 3 is 2.80 bits per heavy atom. The van der Waals surface area contributed by atoms with Gasteiger partial charge in [0.1, 0.15) is 17.9 Å². The van der Waals surface area contributed by atoms with Crippen LogP contribution in [0, 0.1) is 12.7 Å². The maximum absolute atomic E-state index is 14.6. The van der Waals surface area contributed by atoms with Crippen molar-refractivity contribution in [3.8, 4) is 17.2 Å². The van der Waals surface area contributed by atoms with Crippen LogP contribution < -0.4 is 14.8 Å². The predicted octanol–water partition coefficient (Wildman–Crippen LogP) is 3.26. The zero-order chi connectivity index (χ0) is 19.5. The Kier molecular flexibility index (Phi) is 4.28. The van der Waals surface area contributed by atoms with Crippen molar-refractivity contribution >= 4 is 23.9 Å². The highest BCUT2D eigenvalue weighted by Gasteiger charge is 2.31. The Morgan fingerprint density at radius 1 is 1.17 bits per heavy atom. The third-order valence-electron chi connectivity index (χ3n) is 5.49. The number of nitrogens with one attached hydrogen (secondary N) is 1. The van der Waals surface area contributed by atoms with E-state index in [1.165, 1.54) is 6.07 Å². The first kappa shape index (κ1) is 18.7. The van der Waals surface area contributed by atoms with Crippen LogP contribution in [0.15, 0.2) is 37.1 Å². The van der Waals surface area contributed by atoms with Gasteiger partial charge in [-0.2, -0.15) is 0 Å². The third-order valence-corrected chi connectivity index (χ3v) is 5.49. The van der Waals surface area contributed by atoms with Gasteiger partial charge in [-0.15, -0.1) is 22.6 Å². The number of pyridine rings is 1. The zero-order valence-electron chi connectivity index (χ0n) is 16.0. The second-order valence-corrected chi connectivity index (χ2v) is 7.30.